The molecule has 0 saturated carbocycles. The van der Waals surface area contributed by atoms with Gasteiger partial charge >= 0.3 is 5.97 Å². The van der Waals surface area contributed by atoms with Crippen molar-refractivity contribution in [1.29, 1.82) is 0 Å². The van der Waals surface area contributed by atoms with E-state index < -0.39 is 0 Å². The van der Waals surface area contributed by atoms with Crippen LogP contribution in [0.1, 0.15) is 23.7 Å². The van der Waals surface area contributed by atoms with Gasteiger partial charge in [-0.2, -0.15) is 0 Å². The van der Waals surface area contributed by atoms with Crippen molar-refractivity contribution >= 4 is 11.9 Å². The van der Waals surface area contributed by atoms with Crippen LogP contribution in [-0.2, 0) is 9.53 Å². The average molecular weight is 292 g/mol. The Morgan fingerprint density at radius 2 is 1.71 bits per heavy atom. The molecule has 0 unspecified atom stereocenters. The molecule has 5 heteroatoms. The van der Waals surface area contributed by atoms with Crippen molar-refractivity contribution in [2.75, 3.05) is 40.3 Å². The van der Waals surface area contributed by atoms with Crippen molar-refractivity contribution in [2.45, 2.75) is 13.3 Å². The normalized spacial score (nSPS) is 10.5. The summed E-state index contributed by atoms with van der Waals surface area (Å²) in [6.45, 7) is 3.85. The molecule has 0 aliphatic heterocycles. The summed E-state index contributed by atoms with van der Waals surface area (Å²) in [5.74, 6) is -0.324. The number of likely N-dealkylation sites (N-methyl/N-ethyl adjacent to an activating group) is 1. The number of ether oxygens (including phenoxy) is 1. The number of hydrogen-bond donors (Lipinski definition) is 0. The van der Waals surface area contributed by atoms with Crippen LogP contribution in [0.3, 0.4) is 0 Å². The highest BCUT2D eigenvalue weighted by atomic mass is 16.5. The van der Waals surface area contributed by atoms with Gasteiger partial charge in [0.15, 0.2) is 0 Å². The minimum Gasteiger partial charge on any atom is -0.466 e. The molecular formula is C16H24N2O3. The zero-order valence-corrected chi connectivity index (χ0v) is 13.0. The SMILES string of the molecule is CCOC(=O)CCN(CCN(C)C)C(=O)c1ccccc1. The largest absolute Gasteiger partial charge is 0.466 e. The van der Waals surface area contributed by atoms with E-state index in [1.54, 1.807) is 24.0 Å². The molecule has 0 aliphatic carbocycles. The maximum absolute atomic E-state index is 12.5. The molecule has 0 atom stereocenters. The second-order valence-corrected chi connectivity index (χ2v) is 5.02. The molecule has 0 radical (unpaired) electrons. The summed E-state index contributed by atoms with van der Waals surface area (Å²) >= 11 is 0. The lowest BCUT2D eigenvalue weighted by atomic mass is 10.2. The van der Waals surface area contributed by atoms with E-state index >= 15 is 0 Å². The third kappa shape index (κ3) is 6.40. The first-order valence-corrected chi connectivity index (χ1v) is 7.19. The van der Waals surface area contributed by atoms with Gasteiger partial charge in [-0.3, -0.25) is 9.59 Å². The number of amides is 1. The molecule has 0 heterocycles. The van der Waals surface area contributed by atoms with Gasteiger partial charge in [0.2, 0.25) is 0 Å². The Morgan fingerprint density at radius 1 is 1.05 bits per heavy atom. The molecule has 0 aromatic heterocycles. The fourth-order valence-electron chi connectivity index (χ4n) is 1.86. The first-order valence-electron chi connectivity index (χ1n) is 7.19. The van der Waals surface area contributed by atoms with Gasteiger partial charge < -0.3 is 14.5 Å². The molecule has 5 nitrogen and oxygen atoms in total. The maximum atomic E-state index is 12.5. The van der Waals surface area contributed by atoms with Crippen LogP contribution in [0.15, 0.2) is 30.3 Å². The molecule has 21 heavy (non-hydrogen) atoms. The number of nitrogens with zero attached hydrogens (tertiary/aromatic N) is 2. The molecule has 0 aliphatic rings. The standard InChI is InChI=1S/C16H24N2O3/c1-4-21-15(19)10-11-18(13-12-17(2)3)16(20)14-8-6-5-7-9-14/h5-9H,4,10-13H2,1-3H3. The van der Waals surface area contributed by atoms with E-state index in [9.17, 15) is 9.59 Å². The third-order valence-electron chi connectivity index (χ3n) is 3.02. The smallest absolute Gasteiger partial charge is 0.307 e. The Labute approximate surface area is 126 Å². The topological polar surface area (TPSA) is 49.9 Å². The van der Waals surface area contributed by atoms with Gasteiger partial charge in [-0.1, -0.05) is 18.2 Å². The predicted molar refractivity (Wildman–Crippen MR) is 82.1 cm³/mol. The van der Waals surface area contributed by atoms with Crippen LogP contribution in [0.25, 0.3) is 0 Å². The lowest BCUT2D eigenvalue weighted by Gasteiger charge is -2.24. The molecule has 1 amide bonds. The number of rotatable bonds is 8. The van der Waals surface area contributed by atoms with Crippen LogP contribution in [-0.4, -0.2) is 62.0 Å². The van der Waals surface area contributed by atoms with E-state index in [-0.39, 0.29) is 18.3 Å². The van der Waals surface area contributed by atoms with E-state index in [0.29, 0.717) is 25.3 Å². The fraction of sp³-hybridized carbons (Fsp3) is 0.500. The molecule has 0 fully saturated rings. The second kappa shape index (κ2) is 9.13. The average Bonchev–Trinajstić information content (AvgIpc) is 2.47. The van der Waals surface area contributed by atoms with E-state index in [1.165, 1.54) is 0 Å². The Hall–Kier alpha value is -1.88. The fourth-order valence-corrected chi connectivity index (χ4v) is 1.86. The van der Waals surface area contributed by atoms with Gasteiger partial charge in [0.25, 0.3) is 5.91 Å². The van der Waals surface area contributed by atoms with Gasteiger partial charge in [-0.15, -0.1) is 0 Å². The van der Waals surface area contributed by atoms with Crippen LogP contribution in [0.5, 0.6) is 0 Å². The van der Waals surface area contributed by atoms with Gasteiger partial charge in [0.1, 0.15) is 0 Å². The van der Waals surface area contributed by atoms with Gasteiger partial charge in [0.05, 0.1) is 13.0 Å². The summed E-state index contributed by atoms with van der Waals surface area (Å²) in [7, 11) is 3.91. The van der Waals surface area contributed by atoms with E-state index in [4.69, 9.17) is 4.74 Å². The summed E-state index contributed by atoms with van der Waals surface area (Å²) in [6, 6.07) is 9.12. The van der Waals surface area contributed by atoms with Crippen molar-refractivity contribution in [3.63, 3.8) is 0 Å². The minimum atomic E-state index is -0.270. The lowest BCUT2D eigenvalue weighted by Crippen LogP contribution is -2.38. The van der Waals surface area contributed by atoms with Crippen LogP contribution in [0, 0.1) is 0 Å². The molecular weight excluding hydrogens is 268 g/mol. The molecule has 0 saturated heterocycles. The molecule has 116 valence electrons. The first-order chi connectivity index (χ1) is 10.0. The number of benzene rings is 1. The number of hydrogen-bond acceptors (Lipinski definition) is 4. The van der Waals surface area contributed by atoms with Gasteiger partial charge in [-0.25, -0.2) is 0 Å². The quantitative estimate of drug-likeness (QED) is 0.684. The summed E-state index contributed by atoms with van der Waals surface area (Å²) < 4.78 is 4.92. The Bertz CT molecular complexity index is 446. The highest BCUT2D eigenvalue weighted by Crippen LogP contribution is 2.06. The van der Waals surface area contributed by atoms with Crippen molar-refractivity contribution < 1.29 is 14.3 Å². The summed E-state index contributed by atoms with van der Waals surface area (Å²) in [5.41, 5.74) is 0.639. The van der Waals surface area contributed by atoms with Gasteiger partial charge in [-0.05, 0) is 33.2 Å². The van der Waals surface area contributed by atoms with Crippen LogP contribution in [0.4, 0.5) is 0 Å². The highest BCUT2D eigenvalue weighted by molar-refractivity contribution is 5.94. The number of carbonyl (C=O) groups excluding carboxylic acids is 2. The maximum Gasteiger partial charge on any atom is 0.307 e. The lowest BCUT2D eigenvalue weighted by molar-refractivity contribution is -0.143. The zero-order chi connectivity index (χ0) is 15.7. The number of esters is 1. The Morgan fingerprint density at radius 3 is 2.29 bits per heavy atom. The van der Waals surface area contributed by atoms with Crippen molar-refractivity contribution in [2.24, 2.45) is 0 Å². The Kier molecular flexibility index (Phi) is 7.46. The minimum absolute atomic E-state index is 0.0539. The van der Waals surface area contributed by atoms with E-state index in [0.717, 1.165) is 6.54 Å². The first kappa shape index (κ1) is 17.2. The summed E-state index contributed by atoms with van der Waals surface area (Å²) in [4.78, 5) is 27.7. The van der Waals surface area contributed by atoms with Gasteiger partial charge in [0, 0.05) is 25.2 Å². The molecule has 0 spiro atoms. The van der Waals surface area contributed by atoms with E-state index in [2.05, 4.69) is 0 Å². The Balaban J connectivity index is 2.67. The van der Waals surface area contributed by atoms with E-state index in [1.807, 2.05) is 37.2 Å². The van der Waals surface area contributed by atoms with Crippen LogP contribution < -0.4 is 0 Å². The molecule has 1 aromatic rings. The monoisotopic (exact) mass is 292 g/mol. The predicted octanol–water partition coefficient (Wildman–Crippen LogP) is 1.64. The second-order valence-electron chi connectivity index (χ2n) is 5.02. The zero-order valence-electron chi connectivity index (χ0n) is 13.0. The molecule has 1 aromatic carbocycles. The van der Waals surface area contributed by atoms with Crippen LogP contribution >= 0.6 is 0 Å². The molecule has 1 rings (SSSR count). The molecule has 0 bridgehead atoms. The summed E-state index contributed by atoms with van der Waals surface area (Å²) in [6.07, 6.45) is 0.222. The van der Waals surface area contributed by atoms with Crippen molar-refractivity contribution in [3.8, 4) is 0 Å². The third-order valence-corrected chi connectivity index (χ3v) is 3.02. The van der Waals surface area contributed by atoms with Crippen molar-refractivity contribution in [1.82, 2.24) is 9.80 Å². The molecule has 0 N–H and O–H groups in total. The highest BCUT2D eigenvalue weighted by Gasteiger charge is 2.17. The van der Waals surface area contributed by atoms with Crippen molar-refractivity contribution in [3.05, 3.63) is 35.9 Å². The van der Waals surface area contributed by atoms with Crippen LogP contribution in [0.2, 0.25) is 0 Å². The summed E-state index contributed by atoms with van der Waals surface area (Å²) in [5, 5.41) is 0. The number of carbonyl (C=O) groups is 2.